The first-order valence-corrected chi connectivity index (χ1v) is 8.58. The fraction of sp³-hybridized carbons (Fsp3) is 0.688. The fourth-order valence-corrected chi connectivity index (χ4v) is 3.77. The quantitative estimate of drug-likeness (QED) is 0.883. The summed E-state index contributed by atoms with van der Waals surface area (Å²) in [6.07, 6.45) is 8.45. The lowest BCUT2D eigenvalue weighted by Crippen LogP contribution is -2.57. The Balaban J connectivity index is 1.37. The predicted molar refractivity (Wildman–Crippen MR) is 85.1 cm³/mol. The van der Waals surface area contributed by atoms with Crippen LogP contribution in [-0.2, 0) is 9.59 Å². The molecule has 1 N–H and O–H groups in total. The Kier molecular flexibility index (Phi) is 3.80. The van der Waals surface area contributed by atoms with Gasteiger partial charge >= 0.3 is 0 Å². The van der Waals surface area contributed by atoms with E-state index in [1.54, 1.807) is 6.20 Å². The Morgan fingerprint density at radius 1 is 1.17 bits per heavy atom. The molecule has 0 radical (unpaired) electrons. The van der Waals surface area contributed by atoms with E-state index in [1.807, 2.05) is 15.8 Å². The van der Waals surface area contributed by atoms with Gasteiger partial charge in [-0.3, -0.25) is 19.2 Å². The number of aromatic nitrogens is 2. The van der Waals surface area contributed by atoms with E-state index in [9.17, 15) is 9.59 Å². The number of hydrogen-bond acceptors (Lipinski definition) is 4. The summed E-state index contributed by atoms with van der Waals surface area (Å²) >= 11 is 0. The number of nitrogens with one attached hydrogen (secondary N) is 1. The van der Waals surface area contributed by atoms with Crippen LogP contribution < -0.4 is 10.2 Å². The van der Waals surface area contributed by atoms with Gasteiger partial charge in [-0.25, -0.2) is 0 Å². The first-order valence-electron chi connectivity index (χ1n) is 8.58. The SMILES string of the molecule is O=C1NCCCCC1N1CC(n2cc(N3CCCC3=O)cn2)C1. The van der Waals surface area contributed by atoms with Crippen molar-refractivity contribution in [3.8, 4) is 0 Å². The van der Waals surface area contributed by atoms with E-state index in [0.717, 1.165) is 57.5 Å². The number of likely N-dealkylation sites (tertiary alicyclic amines) is 1. The minimum absolute atomic E-state index is 0.0175. The van der Waals surface area contributed by atoms with Crippen LogP contribution >= 0.6 is 0 Å². The van der Waals surface area contributed by atoms with Crippen LogP contribution in [0.4, 0.5) is 5.69 Å². The number of rotatable bonds is 3. The zero-order chi connectivity index (χ0) is 15.8. The highest BCUT2D eigenvalue weighted by molar-refractivity contribution is 5.95. The van der Waals surface area contributed by atoms with E-state index in [0.29, 0.717) is 12.5 Å². The van der Waals surface area contributed by atoms with Crippen LogP contribution in [0.15, 0.2) is 12.4 Å². The van der Waals surface area contributed by atoms with Crippen LogP contribution in [0, 0.1) is 0 Å². The van der Waals surface area contributed by atoms with Crippen molar-refractivity contribution in [3.63, 3.8) is 0 Å². The van der Waals surface area contributed by atoms with Gasteiger partial charge in [0.05, 0.1) is 24.0 Å². The van der Waals surface area contributed by atoms with Crippen molar-refractivity contribution in [2.75, 3.05) is 31.1 Å². The molecule has 0 bridgehead atoms. The van der Waals surface area contributed by atoms with E-state index in [1.165, 1.54) is 0 Å². The van der Waals surface area contributed by atoms with Gasteiger partial charge in [0, 0.05) is 38.8 Å². The van der Waals surface area contributed by atoms with Gasteiger partial charge in [0.2, 0.25) is 11.8 Å². The molecule has 3 aliphatic rings. The second-order valence-electron chi connectivity index (χ2n) is 6.74. The molecule has 1 unspecified atom stereocenters. The largest absolute Gasteiger partial charge is 0.355 e. The Morgan fingerprint density at radius 2 is 2.04 bits per heavy atom. The molecule has 2 amide bonds. The van der Waals surface area contributed by atoms with Crippen molar-refractivity contribution in [1.82, 2.24) is 20.0 Å². The molecular formula is C16H23N5O2. The van der Waals surface area contributed by atoms with E-state index in [2.05, 4.69) is 15.3 Å². The zero-order valence-electron chi connectivity index (χ0n) is 13.3. The number of hydrogen-bond donors (Lipinski definition) is 1. The first kappa shape index (κ1) is 14.7. The molecule has 1 aromatic heterocycles. The summed E-state index contributed by atoms with van der Waals surface area (Å²) in [5, 5.41) is 7.43. The lowest BCUT2D eigenvalue weighted by atomic mass is 10.0. The van der Waals surface area contributed by atoms with Crippen LogP contribution in [0.1, 0.15) is 38.1 Å². The van der Waals surface area contributed by atoms with Gasteiger partial charge in [-0.05, 0) is 25.7 Å². The van der Waals surface area contributed by atoms with Gasteiger partial charge < -0.3 is 10.2 Å². The molecule has 1 atom stereocenters. The highest BCUT2D eigenvalue weighted by atomic mass is 16.2. The molecule has 3 fully saturated rings. The highest BCUT2D eigenvalue weighted by Gasteiger charge is 2.37. The van der Waals surface area contributed by atoms with Gasteiger partial charge in [-0.15, -0.1) is 0 Å². The van der Waals surface area contributed by atoms with Crippen LogP contribution in [-0.4, -0.2) is 58.7 Å². The van der Waals surface area contributed by atoms with Gasteiger partial charge in [0.25, 0.3) is 0 Å². The highest BCUT2D eigenvalue weighted by Crippen LogP contribution is 2.28. The number of carbonyl (C=O) groups excluding carboxylic acids is 2. The lowest BCUT2D eigenvalue weighted by molar-refractivity contribution is -0.128. The summed E-state index contributed by atoms with van der Waals surface area (Å²) in [7, 11) is 0. The second kappa shape index (κ2) is 5.96. The molecule has 4 rings (SSSR count). The standard InChI is InChI=1S/C16H23N5O2/c22-15-5-3-7-20(15)12-8-18-21(11-12)13-9-19(10-13)14-4-1-2-6-17-16(14)23/h8,11,13-14H,1-7,9-10H2,(H,17,23). The molecule has 4 heterocycles. The summed E-state index contributed by atoms with van der Waals surface area (Å²) in [4.78, 5) is 27.9. The van der Waals surface area contributed by atoms with Gasteiger partial charge in [-0.2, -0.15) is 5.10 Å². The molecule has 1 aromatic rings. The summed E-state index contributed by atoms with van der Waals surface area (Å²) in [6, 6.07) is 0.321. The summed E-state index contributed by atoms with van der Waals surface area (Å²) in [6.45, 7) is 3.31. The average molecular weight is 317 g/mol. The van der Waals surface area contributed by atoms with Crippen molar-refractivity contribution >= 4 is 17.5 Å². The molecule has 124 valence electrons. The van der Waals surface area contributed by atoms with Crippen molar-refractivity contribution in [2.24, 2.45) is 0 Å². The normalized spacial score (nSPS) is 27.0. The van der Waals surface area contributed by atoms with Gasteiger partial charge in [0.1, 0.15) is 0 Å². The minimum Gasteiger partial charge on any atom is -0.355 e. The Hall–Kier alpha value is -1.89. The Bertz CT molecular complexity index is 607. The molecule has 3 saturated heterocycles. The van der Waals surface area contributed by atoms with Crippen LogP contribution in [0.3, 0.4) is 0 Å². The summed E-state index contributed by atoms with van der Waals surface area (Å²) in [5.41, 5.74) is 0.901. The fourth-order valence-electron chi connectivity index (χ4n) is 3.77. The zero-order valence-corrected chi connectivity index (χ0v) is 13.3. The Labute approximate surface area is 135 Å². The summed E-state index contributed by atoms with van der Waals surface area (Å²) in [5.74, 6) is 0.361. The van der Waals surface area contributed by atoms with Crippen molar-refractivity contribution in [1.29, 1.82) is 0 Å². The number of amides is 2. The van der Waals surface area contributed by atoms with Crippen molar-refractivity contribution in [2.45, 2.75) is 44.2 Å². The number of nitrogens with zero attached hydrogens (tertiary/aromatic N) is 4. The van der Waals surface area contributed by atoms with Crippen LogP contribution in [0.5, 0.6) is 0 Å². The second-order valence-corrected chi connectivity index (χ2v) is 6.74. The molecular weight excluding hydrogens is 294 g/mol. The molecule has 0 spiro atoms. The number of anilines is 1. The van der Waals surface area contributed by atoms with E-state index in [4.69, 9.17) is 0 Å². The van der Waals surface area contributed by atoms with Crippen LogP contribution in [0.25, 0.3) is 0 Å². The first-order chi connectivity index (χ1) is 11.2. The van der Waals surface area contributed by atoms with Gasteiger partial charge in [-0.1, -0.05) is 0 Å². The van der Waals surface area contributed by atoms with E-state index < -0.39 is 0 Å². The molecule has 3 aliphatic heterocycles. The molecule has 7 heteroatoms. The maximum absolute atomic E-state index is 12.1. The molecule has 23 heavy (non-hydrogen) atoms. The predicted octanol–water partition coefficient (Wildman–Crippen LogP) is 0.535. The van der Waals surface area contributed by atoms with E-state index >= 15 is 0 Å². The lowest BCUT2D eigenvalue weighted by Gasteiger charge is -2.43. The Morgan fingerprint density at radius 3 is 2.83 bits per heavy atom. The van der Waals surface area contributed by atoms with Crippen molar-refractivity contribution in [3.05, 3.63) is 12.4 Å². The topological polar surface area (TPSA) is 70.5 Å². The summed E-state index contributed by atoms with van der Waals surface area (Å²) < 4.78 is 1.95. The number of carbonyl (C=O) groups is 2. The third kappa shape index (κ3) is 2.73. The average Bonchev–Trinajstić information content (AvgIpc) is 3.07. The minimum atomic E-state index is 0.0175. The molecule has 0 aliphatic carbocycles. The smallest absolute Gasteiger partial charge is 0.237 e. The molecule has 7 nitrogen and oxygen atoms in total. The molecule has 0 saturated carbocycles. The third-order valence-corrected chi connectivity index (χ3v) is 5.18. The van der Waals surface area contributed by atoms with E-state index in [-0.39, 0.29) is 17.9 Å². The van der Waals surface area contributed by atoms with Gasteiger partial charge in [0.15, 0.2) is 0 Å². The monoisotopic (exact) mass is 317 g/mol. The van der Waals surface area contributed by atoms with Crippen LogP contribution in [0.2, 0.25) is 0 Å². The third-order valence-electron chi connectivity index (χ3n) is 5.18. The molecule has 0 aromatic carbocycles. The maximum Gasteiger partial charge on any atom is 0.237 e. The van der Waals surface area contributed by atoms with Crippen molar-refractivity contribution < 1.29 is 9.59 Å². The maximum atomic E-state index is 12.1.